The Bertz CT molecular complexity index is 269. The fraction of sp³-hybridized carbons (Fsp3) is 1.00. The molecule has 0 aromatic heterocycles. The first-order chi connectivity index (χ1) is 8.56. The average molecular weight is 318 g/mol. The van der Waals surface area contributed by atoms with E-state index in [4.69, 9.17) is 0 Å². The largest absolute Gasteiger partial charge is 1.00 e. The van der Waals surface area contributed by atoms with Crippen LogP contribution < -0.4 is 29.6 Å². The maximum atomic E-state index is 10.3. The Hall–Kier alpha value is 1.26. The van der Waals surface area contributed by atoms with Crippen molar-refractivity contribution in [3.63, 3.8) is 0 Å². The van der Waals surface area contributed by atoms with Crippen molar-refractivity contribution in [2.75, 3.05) is 10.8 Å². The maximum Gasteiger partial charge on any atom is 1.00 e. The quantitative estimate of drug-likeness (QED) is 0.290. The molecule has 0 saturated carbocycles. The van der Waals surface area contributed by atoms with E-state index in [9.17, 15) is 13.0 Å². The average Bonchev–Trinajstić information content (AvgIpc) is 2.29. The number of hydrogen-bond acceptors (Lipinski definition) is 4. The molecule has 0 unspecified atom stereocenters. The van der Waals surface area contributed by atoms with Crippen LogP contribution in [-0.2, 0) is 10.1 Å². The molecule has 0 aromatic rings. The predicted molar refractivity (Wildman–Crippen MR) is 78.9 cm³/mol. The van der Waals surface area contributed by atoms with Crippen molar-refractivity contribution in [3.05, 3.63) is 0 Å². The number of unbranched alkanes of at least 4 members (excludes halogenated alkanes) is 9. The van der Waals surface area contributed by atoms with Crippen molar-refractivity contribution in [1.29, 1.82) is 0 Å². The van der Waals surface area contributed by atoms with E-state index in [1.165, 1.54) is 63.1 Å². The Morgan fingerprint density at radius 3 is 1.68 bits per heavy atom. The van der Waals surface area contributed by atoms with E-state index in [-0.39, 0.29) is 34.6 Å². The fourth-order valence-corrected chi connectivity index (χ4v) is 3.55. The zero-order valence-corrected chi connectivity index (χ0v) is 16.2. The minimum absolute atomic E-state index is 0. The zero-order chi connectivity index (χ0) is 13.7. The molecule has 0 N–H and O–H groups in total. The Morgan fingerprint density at radius 1 is 0.842 bits per heavy atom. The minimum atomic E-state index is -4.02. The molecule has 0 rings (SSSR count). The van der Waals surface area contributed by atoms with Gasteiger partial charge in [-0.2, -0.15) is 0 Å². The van der Waals surface area contributed by atoms with Crippen LogP contribution in [0.5, 0.6) is 0 Å². The molecule has 0 radical (unpaired) electrons. The first kappa shape index (κ1) is 22.5. The smallest absolute Gasteiger partial charge is 0.747 e. The molecule has 3 nitrogen and oxygen atoms in total. The van der Waals surface area contributed by atoms with Gasteiger partial charge in [0.25, 0.3) is 0 Å². The summed E-state index contributed by atoms with van der Waals surface area (Å²) in [4.78, 5) is 0. The van der Waals surface area contributed by atoms with Gasteiger partial charge in [0.05, 0.1) is 5.08 Å². The van der Waals surface area contributed by atoms with Crippen LogP contribution in [0.2, 0.25) is 0 Å². The van der Waals surface area contributed by atoms with Crippen molar-refractivity contribution in [2.45, 2.75) is 71.1 Å². The second-order valence-electron chi connectivity index (χ2n) is 4.77. The van der Waals surface area contributed by atoms with Crippen LogP contribution in [0.4, 0.5) is 0 Å². The van der Waals surface area contributed by atoms with E-state index in [0.29, 0.717) is 0 Å². The molecular formula is C13H27NaO3S2. The molecule has 0 amide bonds. The third-order valence-electron chi connectivity index (χ3n) is 2.87. The van der Waals surface area contributed by atoms with E-state index in [0.717, 1.165) is 18.6 Å². The zero-order valence-electron chi connectivity index (χ0n) is 12.5. The third-order valence-corrected chi connectivity index (χ3v) is 5.27. The molecule has 0 heterocycles. The molecule has 0 atom stereocenters. The Kier molecular flexibility index (Phi) is 18.6. The van der Waals surface area contributed by atoms with Crippen LogP contribution in [0.3, 0.4) is 0 Å². The molecule has 0 aliphatic rings. The van der Waals surface area contributed by atoms with Crippen molar-refractivity contribution in [3.8, 4) is 0 Å². The molecule has 0 saturated heterocycles. The van der Waals surface area contributed by atoms with Crippen molar-refractivity contribution in [1.82, 2.24) is 0 Å². The van der Waals surface area contributed by atoms with Crippen molar-refractivity contribution >= 4 is 21.9 Å². The van der Waals surface area contributed by atoms with E-state index >= 15 is 0 Å². The summed E-state index contributed by atoms with van der Waals surface area (Å²) in [6.45, 7) is 2.23. The molecular weight excluding hydrogens is 291 g/mol. The van der Waals surface area contributed by atoms with E-state index in [1.54, 1.807) is 0 Å². The summed E-state index contributed by atoms with van der Waals surface area (Å²) in [5.74, 6) is 0.790. The van der Waals surface area contributed by atoms with Crippen LogP contribution in [-0.4, -0.2) is 23.8 Å². The second-order valence-corrected chi connectivity index (χ2v) is 7.64. The predicted octanol–water partition coefficient (Wildman–Crippen LogP) is 1.15. The fourth-order valence-electron chi connectivity index (χ4n) is 1.85. The van der Waals surface area contributed by atoms with Gasteiger partial charge >= 0.3 is 29.6 Å². The maximum absolute atomic E-state index is 10.3. The molecule has 19 heavy (non-hydrogen) atoms. The second kappa shape index (κ2) is 15.6. The summed E-state index contributed by atoms with van der Waals surface area (Å²) in [6, 6.07) is 0. The van der Waals surface area contributed by atoms with Crippen LogP contribution in [0, 0.1) is 0 Å². The number of thioether (sulfide) groups is 1. The van der Waals surface area contributed by atoms with Gasteiger partial charge in [0.1, 0.15) is 10.1 Å². The van der Waals surface area contributed by atoms with Crippen LogP contribution >= 0.6 is 11.8 Å². The van der Waals surface area contributed by atoms with Gasteiger partial charge < -0.3 is 4.55 Å². The van der Waals surface area contributed by atoms with Crippen molar-refractivity contribution in [2.24, 2.45) is 0 Å². The van der Waals surface area contributed by atoms with Gasteiger partial charge in [0.2, 0.25) is 0 Å². The summed E-state index contributed by atoms with van der Waals surface area (Å²) < 4.78 is 31.0. The SMILES string of the molecule is CCCCCCCCCCCCSCS(=O)(=O)[O-].[Na+]. The summed E-state index contributed by atoms with van der Waals surface area (Å²) >= 11 is 1.24. The van der Waals surface area contributed by atoms with Gasteiger partial charge in [-0.1, -0.05) is 64.7 Å². The monoisotopic (exact) mass is 318 g/mol. The Balaban J connectivity index is 0. The van der Waals surface area contributed by atoms with Gasteiger partial charge in [-0.05, 0) is 12.2 Å². The molecule has 0 fully saturated rings. The molecule has 0 aliphatic heterocycles. The van der Waals surface area contributed by atoms with Gasteiger partial charge in [0.15, 0.2) is 0 Å². The molecule has 0 bridgehead atoms. The molecule has 110 valence electrons. The first-order valence-corrected chi connectivity index (χ1v) is 9.81. The molecule has 0 aromatic carbocycles. The van der Waals surface area contributed by atoms with Crippen molar-refractivity contribution < 1.29 is 42.5 Å². The molecule has 6 heteroatoms. The third kappa shape index (κ3) is 21.7. The first-order valence-electron chi connectivity index (χ1n) is 7.07. The van der Waals surface area contributed by atoms with Gasteiger partial charge in [-0.25, -0.2) is 8.42 Å². The Morgan fingerprint density at radius 2 is 1.26 bits per heavy atom. The van der Waals surface area contributed by atoms with Gasteiger partial charge in [-0.15, -0.1) is 11.8 Å². The topological polar surface area (TPSA) is 57.2 Å². The molecule has 0 aliphatic carbocycles. The standard InChI is InChI=1S/C13H28O3S2.Na/c1-2-3-4-5-6-7-8-9-10-11-12-17-13-18(14,15)16;/h2-13H2,1H3,(H,14,15,16);/q;+1/p-1. The Labute approximate surface area is 145 Å². The summed E-state index contributed by atoms with van der Waals surface area (Å²) in [5.41, 5.74) is 0. The van der Waals surface area contributed by atoms with Crippen LogP contribution in [0.1, 0.15) is 71.1 Å². The summed E-state index contributed by atoms with van der Waals surface area (Å²) in [7, 11) is -4.02. The number of rotatable bonds is 13. The minimum Gasteiger partial charge on any atom is -0.747 e. The van der Waals surface area contributed by atoms with Crippen LogP contribution in [0.15, 0.2) is 0 Å². The van der Waals surface area contributed by atoms with E-state index < -0.39 is 10.1 Å². The van der Waals surface area contributed by atoms with Crippen LogP contribution in [0.25, 0.3) is 0 Å². The van der Waals surface area contributed by atoms with E-state index in [2.05, 4.69) is 6.92 Å². The number of hydrogen-bond donors (Lipinski definition) is 0. The van der Waals surface area contributed by atoms with Gasteiger partial charge in [0, 0.05) is 0 Å². The van der Waals surface area contributed by atoms with E-state index in [1.807, 2.05) is 0 Å². The molecule has 0 spiro atoms. The van der Waals surface area contributed by atoms with Gasteiger partial charge in [-0.3, -0.25) is 0 Å². The summed E-state index contributed by atoms with van der Waals surface area (Å²) in [5, 5.41) is -0.273. The summed E-state index contributed by atoms with van der Waals surface area (Å²) in [6.07, 6.45) is 12.8. The normalized spacial score (nSPS) is 11.3.